The van der Waals surface area contributed by atoms with E-state index in [4.69, 9.17) is 4.52 Å². The lowest BCUT2D eigenvalue weighted by Crippen LogP contribution is -1.97. The van der Waals surface area contributed by atoms with Crippen LogP contribution in [0.15, 0.2) is 22.0 Å². The molecule has 0 radical (unpaired) electrons. The first-order valence-electron chi connectivity index (χ1n) is 4.01. The topological polar surface area (TPSA) is 51.0 Å². The van der Waals surface area contributed by atoms with Crippen molar-refractivity contribution in [2.45, 2.75) is 6.92 Å². The number of thiophene rings is 1. The molecule has 2 heterocycles. The highest BCUT2D eigenvalue weighted by Crippen LogP contribution is 2.23. The van der Waals surface area contributed by atoms with E-state index in [1.165, 1.54) is 0 Å². The van der Waals surface area contributed by atoms with E-state index in [1.54, 1.807) is 11.3 Å². The second kappa shape index (κ2) is 3.57. The summed E-state index contributed by atoms with van der Waals surface area (Å²) < 4.78 is 5.05. The monoisotopic (exact) mass is 195 g/mol. The van der Waals surface area contributed by atoms with Crippen molar-refractivity contribution in [2.75, 3.05) is 11.9 Å². The predicted molar refractivity (Wildman–Crippen MR) is 51.8 cm³/mol. The lowest BCUT2D eigenvalue weighted by atomic mass is 10.5. The van der Waals surface area contributed by atoms with Crippen molar-refractivity contribution in [1.82, 2.24) is 10.1 Å². The van der Waals surface area contributed by atoms with Gasteiger partial charge in [-0.25, -0.2) is 0 Å². The standard InChI is InChI=1S/C8H9N3OS/c1-2-9-8-10-7(12-11-8)6-4-3-5-13-6/h3-5H,2H2,1H3,(H,9,11). The van der Waals surface area contributed by atoms with E-state index in [9.17, 15) is 0 Å². The molecule has 13 heavy (non-hydrogen) atoms. The summed E-state index contributed by atoms with van der Waals surface area (Å²) in [6, 6.07) is 3.91. The number of aromatic nitrogens is 2. The molecule has 0 aromatic carbocycles. The van der Waals surface area contributed by atoms with Crippen LogP contribution in [0.5, 0.6) is 0 Å². The molecule has 0 amide bonds. The maximum absolute atomic E-state index is 5.05. The smallest absolute Gasteiger partial charge is 0.269 e. The quantitative estimate of drug-likeness (QED) is 0.816. The average Bonchev–Trinajstić information content (AvgIpc) is 2.70. The van der Waals surface area contributed by atoms with Gasteiger partial charge in [-0.1, -0.05) is 6.07 Å². The van der Waals surface area contributed by atoms with Gasteiger partial charge in [0.1, 0.15) is 0 Å². The summed E-state index contributed by atoms with van der Waals surface area (Å²) in [6.45, 7) is 2.78. The van der Waals surface area contributed by atoms with Crippen LogP contribution in [0.1, 0.15) is 6.92 Å². The van der Waals surface area contributed by atoms with Crippen molar-refractivity contribution < 1.29 is 4.52 Å². The first kappa shape index (κ1) is 8.25. The van der Waals surface area contributed by atoms with Crippen molar-refractivity contribution in [3.63, 3.8) is 0 Å². The fraction of sp³-hybridized carbons (Fsp3) is 0.250. The van der Waals surface area contributed by atoms with Gasteiger partial charge in [0.25, 0.3) is 11.8 Å². The third-order valence-electron chi connectivity index (χ3n) is 1.49. The van der Waals surface area contributed by atoms with Crippen LogP contribution >= 0.6 is 11.3 Å². The summed E-state index contributed by atoms with van der Waals surface area (Å²) in [7, 11) is 0. The first-order valence-corrected chi connectivity index (χ1v) is 4.89. The summed E-state index contributed by atoms with van der Waals surface area (Å²) in [5.41, 5.74) is 0. The first-order chi connectivity index (χ1) is 6.40. The van der Waals surface area contributed by atoms with E-state index < -0.39 is 0 Å². The normalized spacial score (nSPS) is 10.2. The van der Waals surface area contributed by atoms with Crippen LogP contribution in [0, 0.1) is 0 Å². The minimum Gasteiger partial charge on any atom is -0.352 e. The summed E-state index contributed by atoms with van der Waals surface area (Å²) in [5, 5.41) is 8.73. The fourth-order valence-corrected chi connectivity index (χ4v) is 1.60. The average molecular weight is 195 g/mol. The van der Waals surface area contributed by atoms with Gasteiger partial charge in [-0.15, -0.1) is 11.3 Å². The van der Waals surface area contributed by atoms with Gasteiger partial charge in [0.15, 0.2) is 0 Å². The molecule has 0 unspecified atom stereocenters. The Labute approximate surface area is 79.6 Å². The Hall–Kier alpha value is -1.36. The van der Waals surface area contributed by atoms with Crippen LogP contribution in [0.3, 0.4) is 0 Å². The number of hydrogen-bond donors (Lipinski definition) is 1. The molecule has 1 N–H and O–H groups in total. The molecule has 0 saturated heterocycles. The highest BCUT2D eigenvalue weighted by atomic mass is 32.1. The van der Waals surface area contributed by atoms with Crippen LogP contribution in [0.4, 0.5) is 5.95 Å². The maximum atomic E-state index is 5.05. The molecule has 0 bridgehead atoms. The molecule has 2 aromatic rings. The van der Waals surface area contributed by atoms with Gasteiger partial charge in [0.2, 0.25) is 0 Å². The largest absolute Gasteiger partial charge is 0.352 e. The zero-order chi connectivity index (χ0) is 9.10. The minimum atomic E-state index is 0.547. The Bertz CT molecular complexity index is 368. The Morgan fingerprint density at radius 3 is 3.23 bits per heavy atom. The molecule has 4 nitrogen and oxygen atoms in total. The van der Waals surface area contributed by atoms with Crippen LogP contribution < -0.4 is 5.32 Å². The van der Waals surface area contributed by atoms with Gasteiger partial charge in [0.05, 0.1) is 4.88 Å². The SMILES string of the molecule is CCNc1noc(-c2cccs2)n1. The Morgan fingerprint density at radius 1 is 1.62 bits per heavy atom. The lowest BCUT2D eigenvalue weighted by molar-refractivity contribution is 0.433. The summed E-state index contributed by atoms with van der Waals surface area (Å²) in [6.07, 6.45) is 0. The summed E-state index contributed by atoms with van der Waals surface area (Å²) in [4.78, 5) is 5.16. The Kier molecular flexibility index (Phi) is 2.27. The van der Waals surface area contributed by atoms with E-state index in [-0.39, 0.29) is 0 Å². The molecule has 0 atom stereocenters. The molecule has 5 heteroatoms. The van der Waals surface area contributed by atoms with Crippen molar-refractivity contribution >= 4 is 17.3 Å². The number of nitrogens with zero attached hydrogens (tertiary/aromatic N) is 2. The zero-order valence-corrected chi connectivity index (χ0v) is 7.97. The predicted octanol–water partition coefficient (Wildman–Crippen LogP) is 2.23. The second-order valence-electron chi connectivity index (χ2n) is 2.43. The summed E-state index contributed by atoms with van der Waals surface area (Å²) in [5.74, 6) is 1.12. The third-order valence-corrected chi connectivity index (χ3v) is 2.35. The van der Waals surface area contributed by atoms with Gasteiger partial charge in [0, 0.05) is 6.54 Å². The van der Waals surface area contributed by atoms with Crippen LogP contribution in [-0.4, -0.2) is 16.7 Å². The molecule has 0 spiro atoms. The van der Waals surface area contributed by atoms with Gasteiger partial charge in [-0.05, 0) is 23.5 Å². The fourth-order valence-electron chi connectivity index (χ4n) is 0.954. The molecule has 68 valence electrons. The van der Waals surface area contributed by atoms with Crippen molar-refractivity contribution in [3.8, 4) is 10.8 Å². The molecule has 2 rings (SSSR count). The Morgan fingerprint density at radius 2 is 2.54 bits per heavy atom. The molecule has 0 aliphatic rings. The molecular weight excluding hydrogens is 186 g/mol. The number of anilines is 1. The molecule has 0 saturated carbocycles. The van der Waals surface area contributed by atoms with Crippen molar-refractivity contribution in [3.05, 3.63) is 17.5 Å². The summed E-state index contributed by atoms with van der Waals surface area (Å²) >= 11 is 1.58. The van der Waals surface area contributed by atoms with Gasteiger partial charge < -0.3 is 9.84 Å². The van der Waals surface area contributed by atoms with Gasteiger partial charge in [-0.3, -0.25) is 0 Å². The van der Waals surface area contributed by atoms with E-state index >= 15 is 0 Å². The minimum absolute atomic E-state index is 0.547. The lowest BCUT2D eigenvalue weighted by Gasteiger charge is -1.89. The van der Waals surface area contributed by atoms with Crippen molar-refractivity contribution in [2.24, 2.45) is 0 Å². The molecule has 0 aliphatic carbocycles. The highest BCUT2D eigenvalue weighted by molar-refractivity contribution is 7.13. The molecule has 2 aromatic heterocycles. The van der Waals surface area contributed by atoms with E-state index in [1.807, 2.05) is 24.4 Å². The van der Waals surface area contributed by atoms with Crippen LogP contribution in [-0.2, 0) is 0 Å². The second-order valence-corrected chi connectivity index (χ2v) is 3.38. The number of hydrogen-bond acceptors (Lipinski definition) is 5. The maximum Gasteiger partial charge on any atom is 0.269 e. The van der Waals surface area contributed by atoms with E-state index in [0.717, 1.165) is 11.4 Å². The van der Waals surface area contributed by atoms with Gasteiger partial charge in [-0.2, -0.15) is 4.98 Å². The van der Waals surface area contributed by atoms with Gasteiger partial charge >= 0.3 is 0 Å². The molecule has 0 fully saturated rings. The molecular formula is C8H9N3OS. The highest BCUT2D eigenvalue weighted by Gasteiger charge is 2.07. The van der Waals surface area contributed by atoms with Crippen LogP contribution in [0.25, 0.3) is 10.8 Å². The Balaban J connectivity index is 2.23. The number of nitrogens with one attached hydrogen (secondary N) is 1. The van der Waals surface area contributed by atoms with E-state index in [0.29, 0.717) is 11.8 Å². The third kappa shape index (κ3) is 1.70. The van der Waals surface area contributed by atoms with E-state index in [2.05, 4.69) is 15.5 Å². The van der Waals surface area contributed by atoms with Crippen molar-refractivity contribution in [1.29, 1.82) is 0 Å². The van der Waals surface area contributed by atoms with Crippen LogP contribution in [0.2, 0.25) is 0 Å². The number of rotatable bonds is 3. The molecule has 0 aliphatic heterocycles. The zero-order valence-electron chi connectivity index (χ0n) is 7.15.